The van der Waals surface area contributed by atoms with E-state index in [-0.39, 0.29) is 0 Å². The number of rotatable bonds is 5. The Labute approximate surface area is 144 Å². The first-order valence-electron chi connectivity index (χ1n) is 6.92. The molecule has 0 spiro atoms. The molecule has 1 amide bonds. The molecule has 23 heavy (non-hydrogen) atoms. The van der Waals surface area contributed by atoms with Gasteiger partial charge in [-0.1, -0.05) is 35.9 Å². The van der Waals surface area contributed by atoms with Crippen LogP contribution in [0.3, 0.4) is 0 Å². The van der Waals surface area contributed by atoms with Gasteiger partial charge in [0, 0.05) is 4.90 Å². The molecule has 1 N–H and O–H groups in total. The predicted molar refractivity (Wildman–Crippen MR) is 93.2 cm³/mol. The monoisotopic (exact) mass is 349 g/mol. The Morgan fingerprint density at radius 3 is 2.48 bits per heavy atom. The van der Waals surface area contributed by atoms with Crippen LogP contribution in [0.5, 0.6) is 0 Å². The number of carbonyl (C=O) groups excluding carboxylic acids is 2. The summed E-state index contributed by atoms with van der Waals surface area (Å²) in [6.07, 6.45) is 0.938. The van der Waals surface area contributed by atoms with E-state index in [2.05, 4.69) is 5.32 Å². The zero-order chi connectivity index (χ0) is 16.8. The first-order valence-corrected chi connectivity index (χ1v) is 8.52. The van der Waals surface area contributed by atoms with Gasteiger partial charge in [0.15, 0.2) is 6.10 Å². The fourth-order valence-electron chi connectivity index (χ4n) is 1.89. The van der Waals surface area contributed by atoms with Crippen molar-refractivity contribution in [3.63, 3.8) is 0 Å². The van der Waals surface area contributed by atoms with Crippen LogP contribution in [0.1, 0.15) is 17.3 Å². The molecule has 0 aliphatic carbocycles. The topological polar surface area (TPSA) is 55.4 Å². The average molecular weight is 350 g/mol. The van der Waals surface area contributed by atoms with Crippen molar-refractivity contribution < 1.29 is 14.3 Å². The number of carbonyl (C=O) groups is 2. The minimum atomic E-state index is -0.936. The van der Waals surface area contributed by atoms with Gasteiger partial charge in [-0.05, 0) is 37.4 Å². The number of halogens is 1. The van der Waals surface area contributed by atoms with Gasteiger partial charge >= 0.3 is 5.97 Å². The fourth-order valence-corrected chi connectivity index (χ4v) is 2.66. The number of ether oxygens (including phenoxy) is 1. The molecular weight excluding hydrogens is 334 g/mol. The standard InChI is InChI=1S/C17H16ClNO3S/c1-11(16(20)19-14-9-5-4-8-13(14)18)22-17(21)12-7-3-6-10-15(12)23-2/h3-11H,1-2H3,(H,19,20)/t11-/m0/s1. The number of anilines is 1. The summed E-state index contributed by atoms with van der Waals surface area (Å²) in [7, 11) is 0. The smallest absolute Gasteiger partial charge is 0.340 e. The van der Waals surface area contributed by atoms with E-state index in [4.69, 9.17) is 16.3 Å². The molecule has 1 atom stereocenters. The third-order valence-electron chi connectivity index (χ3n) is 3.11. The Morgan fingerprint density at radius 2 is 1.78 bits per heavy atom. The lowest BCUT2D eigenvalue weighted by molar-refractivity contribution is -0.123. The third kappa shape index (κ3) is 4.50. The molecule has 2 aromatic rings. The van der Waals surface area contributed by atoms with Gasteiger partial charge in [0.25, 0.3) is 5.91 Å². The van der Waals surface area contributed by atoms with Crippen LogP contribution in [0.15, 0.2) is 53.4 Å². The van der Waals surface area contributed by atoms with Crippen molar-refractivity contribution in [3.05, 3.63) is 59.1 Å². The van der Waals surface area contributed by atoms with Gasteiger partial charge in [-0.25, -0.2) is 4.79 Å². The maximum absolute atomic E-state index is 12.2. The molecule has 2 aromatic carbocycles. The van der Waals surface area contributed by atoms with Crippen molar-refractivity contribution in [2.24, 2.45) is 0 Å². The first-order chi connectivity index (χ1) is 11.0. The van der Waals surface area contributed by atoms with Crippen molar-refractivity contribution >= 4 is 40.9 Å². The normalized spacial score (nSPS) is 11.6. The number of nitrogens with one attached hydrogen (secondary N) is 1. The molecule has 2 rings (SSSR count). The summed E-state index contributed by atoms with van der Waals surface area (Å²) in [5.74, 6) is -0.968. The van der Waals surface area contributed by atoms with Crippen LogP contribution < -0.4 is 5.32 Å². The van der Waals surface area contributed by atoms with Crippen molar-refractivity contribution in [2.75, 3.05) is 11.6 Å². The lowest BCUT2D eigenvalue weighted by Gasteiger charge is -2.15. The van der Waals surface area contributed by atoms with Gasteiger partial charge in [0.05, 0.1) is 16.3 Å². The van der Waals surface area contributed by atoms with E-state index in [0.29, 0.717) is 16.3 Å². The number of para-hydroxylation sites is 1. The van der Waals surface area contributed by atoms with Crippen molar-refractivity contribution in [3.8, 4) is 0 Å². The van der Waals surface area contributed by atoms with E-state index >= 15 is 0 Å². The molecule has 4 nitrogen and oxygen atoms in total. The Kier molecular flexibility index (Phi) is 6.07. The summed E-state index contributed by atoms with van der Waals surface area (Å²) in [6, 6.07) is 14.0. The maximum Gasteiger partial charge on any atom is 0.340 e. The minimum absolute atomic E-state index is 0.423. The zero-order valence-corrected chi connectivity index (χ0v) is 14.3. The van der Waals surface area contributed by atoms with Gasteiger partial charge in [-0.2, -0.15) is 0 Å². The van der Waals surface area contributed by atoms with Crippen molar-refractivity contribution in [1.82, 2.24) is 0 Å². The van der Waals surface area contributed by atoms with Gasteiger partial charge in [-0.3, -0.25) is 4.79 Å². The summed E-state index contributed by atoms with van der Waals surface area (Å²) < 4.78 is 5.25. The van der Waals surface area contributed by atoms with Crippen LogP contribution in [0.2, 0.25) is 5.02 Å². The highest BCUT2D eigenvalue weighted by molar-refractivity contribution is 7.98. The summed E-state index contributed by atoms with van der Waals surface area (Å²) in [5, 5.41) is 3.07. The fraction of sp³-hybridized carbons (Fsp3) is 0.176. The highest BCUT2D eigenvalue weighted by Gasteiger charge is 2.21. The maximum atomic E-state index is 12.2. The summed E-state index contributed by atoms with van der Waals surface area (Å²) in [5.41, 5.74) is 0.920. The van der Waals surface area contributed by atoms with E-state index in [9.17, 15) is 9.59 Å². The molecule has 0 saturated heterocycles. The molecule has 120 valence electrons. The molecular formula is C17H16ClNO3S. The highest BCUT2D eigenvalue weighted by Crippen LogP contribution is 2.22. The number of amides is 1. The molecule has 0 radical (unpaired) electrons. The van der Waals surface area contributed by atoms with Crippen LogP contribution in [0.25, 0.3) is 0 Å². The average Bonchev–Trinajstić information content (AvgIpc) is 2.56. The summed E-state index contributed by atoms with van der Waals surface area (Å²) in [6.45, 7) is 1.52. The third-order valence-corrected chi connectivity index (χ3v) is 4.24. The van der Waals surface area contributed by atoms with E-state index in [1.807, 2.05) is 18.4 Å². The second kappa shape index (κ2) is 8.04. The zero-order valence-electron chi connectivity index (χ0n) is 12.7. The molecule has 0 unspecified atom stereocenters. The predicted octanol–water partition coefficient (Wildman–Crippen LogP) is 4.25. The quantitative estimate of drug-likeness (QED) is 0.647. The van der Waals surface area contributed by atoms with E-state index in [1.54, 1.807) is 36.4 Å². The number of hydrogen-bond acceptors (Lipinski definition) is 4. The summed E-state index contributed by atoms with van der Waals surface area (Å²) >= 11 is 7.43. The van der Waals surface area contributed by atoms with Crippen LogP contribution in [-0.2, 0) is 9.53 Å². The molecule has 0 saturated carbocycles. The van der Waals surface area contributed by atoms with Crippen LogP contribution in [0.4, 0.5) is 5.69 Å². The summed E-state index contributed by atoms with van der Waals surface area (Å²) in [4.78, 5) is 25.2. The van der Waals surface area contributed by atoms with E-state index in [0.717, 1.165) is 4.90 Å². The molecule has 0 heterocycles. The first kappa shape index (κ1) is 17.4. The number of benzene rings is 2. The Hall–Kier alpha value is -1.98. The molecule has 0 aromatic heterocycles. The van der Waals surface area contributed by atoms with Crippen LogP contribution >= 0.6 is 23.4 Å². The minimum Gasteiger partial charge on any atom is -0.449 e. The lowest BCUT2D eigenvalue weighted by atomic mass is 10.2. The Bertz CT molecular complexity index is 720. The van der Waals surface area contributed by atoms with E-state index < -0.39 is 18.0 Å². The number of thioether (sulfide) groups is 1. The van der Waals surface area contributed by atoms with Gasteiger partial charge in [0.2, 0.25) is 0 Å². The molecule has 6 heteroatoms. The SMILES string of the molecule is CSc1ccccc1C(=O)O[C@@H](C)C(=O)Nc1ccccc1Cl. The second-order valence-corrected chi connectivity index (χ2v) is 5.97. The largest absolute Gasteiger partial charge is 0.449 e. The molecule has 0 aliphatic heterocycles. The van der Waals surface area contributed by atoms with E-state index in [1.165, 1.54) is 18.7 Å². The van der Waals surface area contributed by atoms with Gasteiger partial charge in [-0.15, -0.1) is 11.8 Å². The lowest BCUT2D eigenvalue weighted by Crippen LogP contribution is -2.30. The van der Waals surface area contributed by atoms with Crippen LogP contribution in [-0.4, -0.2) is 24.2 Å². The Balaban J connectivity index is 2.03. The Morgan fingerprint density at radius 1 is 1.13 bits per heavy atom. The second-order valence-electron chi connectivity index (χ2n) is 4.72. The molecule has 0 bridgehead atoms. The van der Waals surface area contributed by atoms with Crippen molar-refractivity contribution in [1.29, 1.82) is 0 Å². The number of hydrogen-bond donors (Lipinski definition) is 1. The highest BCUT2D eigenvalue weighted by atomic mass is 35.5. The van der Waals surface area contributed by atoms with Crippen molar-refractivity contribution in [2.45, 2.75) is 17.9 Å². The molecule has 0 fully saturated rings. The number of esters is 1. The molecule has 0 aliphatic rings. The van der Waals surface area contributed by atoms with Gasteiger partial charge < -0.3 is 10.1 Å². The van der Waals surface area contributed by atoms with Gasteiger partial charge in [0.1, 0.15) is 0 Å². The van der Waals surface area contributed by atoms with Crippen LogP contribution in [0, 0.1) is 0 Å².